The van der Waals surface area contributed by atoms with Crippen molar-refractivity contribution in [2.24, 2.45) is 0 Å². The van der Waals surface area contributed by atoms with Gasteiger partial charge in [-0.15, -0.1) is 0 Å². The van der Waals surface area contributed by atoms with Crippen LogP contribution in [0.2, 0.25) is 36.3 Å². The van der Waals surface area contributed by atoms with E-state index < -0.39 is 41.1 Å². The van der Waals surface area contributed by atoms with Crippen LogP contribution in [0.5, 0.6) is 0 Å². The fourth-order valence-corrected chi connectivity index (χ4v) is 6.01. The van der Waals surface area contributed by atoms with Gasteiger partial charge < -0.3 is 27.9 Å². The molecular weight excluding hydrogens is 464 g/mol. The maximum Gasteiger partial charge on any atom is 0.192 e. The summed E-state index contributed by atoms with van der Waals surface area (Å²) < 4.78 is 24.8. The molecule has 0 saturated heterocycles. The molecule has 2 aromatic heterocycles. The van der Waals surface area contributed by atoms with Gasteiger partial charge in [0.05, 0.1) is 24.7 Å². The average molecular weight is 511 g/mol. The molecule has 2 rings (SSSR count). The zero-order valence-electron chi connectivity index (χ0n) is 22.7. The van der Waals surface area contributed by atoms with Crippen LogP contribution in [-0.4, -0.2) is 39.1 Å². The zero-order valence-corrected chi connectivity index (χ0v) is 24.7. The van der Waals surface area contributed by atoms with Crippen LogP contribution in [0.3, 0.4) is 0 Å². The van der Waals surface area contributed by atoms with Crippen LogP contribution in [0.4, 0.5) is 0 Å². The lowest BCUT2D eigenvalue weighted by Crippen LogP contribution is -2.52. The van der Waals surface area contributed by atoms with Gasteiger partial charge in [0.25, 0.3) is 0 Å². The van der Waals surface area contributed by atoms with E-state index in [9.17, 15) is 10.2 Å². The summed E-state index contributed by atoms with van der Waals surface area (Å²) in [6.07, 6.45) is 1.21. The molecule has 2 N–H and O–H groups in total. The van der Waals surface area contributed by atoms with Crippen molar-refractivity contribution in [3.63, 3.8) is 0 Å². The summed E-state index contributed by atoms with van der Waals surface area (Å²) in [5, 5.41) is 22.0. The fourth-order valence-electron chi connectivity index (χ4n) is 3.30. The first-order chi connectivity index (χ1) is 15.4. The first-order valence-electron chi connectivity index (χ1n) is 12.2. The maximum atomic E-state index is 11.0. The number of rotatable bonds is 11. The summed E-state index contributed by atoms with van der Waals surface area (Å²) in [7, 11) is -4.46. The Hall–Kier alpha value is -1.17. The van der Waals surface area contributed by atoms with E-state index in [1.807, 2.05) is 0 Å². The molecule has 4 atom stereocenters. The van der Waals surface area contributed by atoms with Gasteiger partial charge in [-0.25, -0.2) is 0 Å². The molecule has 0 aliphatic carbocycles. The Labute approximate surface area is 207 Å². The molecule has 0 bridgehead atoms. The van der Waals surface area contributed by atoms with Gasteiger partial charge in [-0.2, -0.15) is 0 Å². The molecular formula is C26H46O6Si2. The van der Waals surface area contributed by atoms with Crippen molar-refractivity contribution in [3.8, 4) is 0 Å². The number of hydrogen-bond donors (Lipinski definition) is 2. The lowest BCUT2D eigenvalue weighted by molar-refractivity contribution is -0.0278. The third-order valence-corrected chi connectivity index (χ3v) is 16.6. The molecule has 0 saturated carbocycles. The van der Waals surface area contributed by atoms with Crippen molar-refractivity contribution in [1.29, 1.82) is 0 Å². The minimum atomic E-state index is -2.23. The van der Waals surface area contributed by atoms with E-state index in [1.54, 1.807) is 36.8 Å². The first-order valence-corrected chi connectivity index (χ1v) is 18.0. The van der Waals surface area contributed by atoms with Gasteiger partial charge >= 0.3 is 0 Å². The third kappa shape index (κ3) is 7.42. The molecule has 0 unspecified atom stereocenters. The molecule has 2 heterocycles. The second-order valence-electron chi connectivity index (χ2n) is 12.4. The molecule has 2 aromatic rings. The van der Waals surface area contributed by atoms with Gasteiger partial charge in [0.2, 0.25) is 0 Å². The molecule has 34 heavy (non-hydrogen) atoms. The lowest BCUT2D eigenvalue weighted by atomic mass is 9.99. The van der Waals surface area contributed by atoms with Gasteiger partial charge in [-0.3, -0.25) is 0 Å². The summed E-state index contributed by atoms with van der Waals surface area (Å²) in [4.78, 5) is 0. The minimum absolute atomic E-state index is 0.0258. The van der Waals surface area contributed by atoms with Crippen LogP contribution in [0.15, 0.2) is 45.6 Å². The molecule has 0 aliphatic heterocycles. The Balaban J connectivity index is 2.45. The highest BCUT2D eigenvalue weighted by Crippen LogP contribution is 2.43. The number of aliphatic hydroxyl groups excluding tert-OH is 2. The van der Waals surface area contributed by atoms with E-state index in [-0.39, 0.29) is 10.1 Å². The summed E-state index contributed by atoms with van der Waals surface area (Å²) in [6, 6.07) is 7.09. The largest absolute Gasteiger partial charge is 0.467 e. The van der Waals surface area contributed by atoms with Crippen LogP contribution >= 0.6 is 0 Å². The monoisotopic (exact) mass is 510 g/mol. The summed E-state index contributed by atoms with van der Waals surface area (Å²) >= 11 is 0. The van der Waals surface area contributed by atoms with Crippen LogP contribution in [0, 0.1) is 0 Å². The topological polar surface area (TPSA) is 85.2 Å². The van der Waals surface area contributed by atoms with Gasteiger partial charge in [0.15, 0.2) is 16.6 Å². The van der Waals surface area contributed by atoms with E-state index >= 15 is 0 Å². The second kappa shape index (κ2) is 10.8. The van der Waals surface area contributed by atoms with Crippen LogP contribution < -0.4 is 0 Å². The minimum Gasteiger partial charge on any atom is -0.467 e. The Bertz CT molecular complexity index is 775. The predicted molar refractivity (Wildman–Crippen MR) is 141 cm³/mol. The maximum absolute atomic E-state index is 11.0. The number of hydrogen-bond acceptors (Lipinski definition) is 6. The second-order valence-corrected chi connectivity index (χ2v) is 21.9. The highest BCUT2D eigenvalue weighted by Gasteiger charge is 2.45. The van der Waals surface area contributed by atoms with Crippen LogP contribution in [-0.2, 0) is 8.85 Å². The SMILES string of the molecule is CC(C)(C)[Si](C)(C)O[C@@H](C[C@@H](O)c1ccco1)[C@@H](C[C@H](O)c1ccco1)O[Si](C)(C)C(C)(C)C. The molecule has 0 spiro atoms. The molecule has 6 nitrogen and oxygen atoms in total. The molecule has 0 aliphatic rings. The van der Waals surface area contributed by atoms with Gasteiger partial charge in [0, 0.05) is 12.8 Å². The molecule has 0 aromatic carbocycles. The van der Waals surface area contributed by atoms with Crippen molar-refractivity contribution < 1.29 is 27.9 Å². The van der Waals surface area contributed by atoms with Gasteiger partial charge in [-0.1, -0.05) is 41.5 Å². The number of aliphatic hydroxyl groups is 2. The van der Waals surface area contributed by atoms with E-state index in [1.165, 1.54) is 0 Å². The van der Waals surface area contributed by atoms with Crippen LogP contribution in [0.25, 0.3) is 0 Å². The first kappa shape index (κ1) is 29.1. The lowest BCUT2D eigenvalue weighted by Gasteiger charge is -2.45. The summed E-state index contributed by atoms with van der Waals surface area (Å²) in [6.45, 7) is 22.0. The van der Waals surface area contributed by atoms with Crippen molar-refractivity contribution in [2.75, 3.05) is 0 Å². The Morgan fingerprint density at radius 3 is 1.26 bits per heavy atom. The molecule has 0 fully saturated rings. The van der Waals surface area contributed by atoms with Crippen molar-refractivity contribution in [3.05, 3.63) is 48.3 Å². The highest BCUT2D eigenvalue weighted by atomic mass is 28.4. The average Bonchev–Trinajstić information content (AvgIpc) is 3.38. The Morgan fingerprint density at radius 2 is 1.03 bits per heavy atom. The van der Waals surface area contributed by atoms with Crippen molar-refractivity contribution in [1.82, 2.24) is 0 Å². The van der Waals surface area contributed by atoms with Gasteiger partial charge in [0.1, 0.15) is 23.7 Å². The van der Waals surface area contributed by atoms with Crippen molar-refractivity contribution in [2.45, 2.75) is 115 Å². The van der Waals surface area contributed by atoms with E-state index in [4.69, 9.17) is 17.7 Å². The molecule has 8 heteroatoms. The Morgan fingerprint density at radius 1 is 0.706 bits per heavy atom. The number of furan rings is 2. The summed E-state index contributed by atoms with van der Waals surface area (Å²) in [5.74, 6) is 1.00. The Kier molecular flexibility index (Phi) is 9.27. The molecule has 0 radical (unpaired) electrons. The van der Waals surface area contributed by atoms with Crippen molar-refractivity contribution >= 4 is 16.6 Å². The van der Waals surface area contributed by atoms with E-state index in [0.29, 0.717) is 24.4 Å². The quantitative estimate of drug-likeness (QED) is 0.311. The van der Waals surface area contributed by atoms with E-state index in [0.717, 1.165) is 0 Å². The highest BCUT2D eigenvalue weighted by molar-refractivity contribution is 6.74. The van der Waals surface area contributed by atoms with E-state index in [2.05, 4.69) is 67.7 Å². The smallest absolute Gasteiger partial charge is 0.192 e. The van der Waals surface area contributed by atoms with Gasteiger partial charge in [-0.05, 0) is 60.5 Å². The predicted octanol–water partition coefficient (Wildman–Crippen LogP) is 7.20. The normalized spacial score (nSPS) is 17.4. The third-order valence-electron chi connectivity index (χ3n) is 7.57. The standard InChI is InChI=1S/C26H46O6Si2/c1-25(2,3)33(7,8)31-23(17-19(27)21-13-11-15-29-21)24(32-34(9,10)26(4,5)6)18-20(28)22-14-12-16-30-22/h11-16,19-20,23-24,27-28H,17-18H2,1-10H3/t19-,20+,23+,24-. The zero-order chi connectivity index (χ0) is 25.9. The molecule has 0 amide bonds. The van der Waals surface area contributed by atoms with Crippen LogP contribution in [0.1, 0.15) is 78.1 Å². The fraction of sp³-hybridized carbons (Fsp3) is 0.692. The molecule has 194 valence electrons. The summed E-state index contributed by atoms with van der Waals surface area (Å²) in [5.41, 5.74) is 0.